The maximum Gasteiger partial charge on any atom is 0.230 e. The Balaban J connectivity index is 1.24. The van der Waals surface area contributed by atoms with E-state index in [1.54, 1.807) is 12.4 Å². The van der Waals surface area contributed by atoms with Crippen LogP contribution < -0.4 is 10.1 Å². The molecule has 1 N–H and O–H groups in total. The highest BCUT2D eigenvalue weighted by Gasteiger charge is 2.68. The second kappa shape index (κ2) is 4.78. The molecule has 0 radical (unpaired) electrons. The van der Waals surface area contributed by atoms with Gasteiger partial charge >= 0.3 is 0 Å². The molecule has 2 aromatic rings. The lowest BCUT2D eigenvalue weighted by Crippen LogP contribution is -2.26. The molecular formula is C18H17N3O2. The van der Waals surface area contributed by atoms with Crippen LogP contribution in [0.15, 0.2) is 42.7 Å². The molecule has 3 aliphatic rings. The van der Waals surface area contributed by atoms with Gasteiger partial charge in [-0.2, -0.15) is 0 Å². The second-order valence-corrected chi connectivity index (χ2v) is 6.80. The van der Waals surface area contributed by atoms with Gasteiger partial charge in [-0.1, -0.05) is 18.2 Å². The lowest BCUT2D eigenvalue weighted by atomic mass is 9.99. The van der Waals surface area contributed by atoms with Crippen LogP contribution in [0, 0.1) is 29.6 Å². The first-order valence-electron chi connectivity index (χ1n) is 8.15. The quantitative estimate of drug-likeness (QED) is 0.942. The predicted octanol–water partition coefficient (Wildman–Crippen LogP) is 3.11. The van der Waals surface area contributed by atoms with Crippen LogP contribution in [-0.4, -0.2) is 15.9 Å². The number of rotatable bonds is 4. The van der Waals surface area contributed by atoms with E-state index in [1.807, 2.05) is 30.3 Å². The van der Waals surface area contributed by atoms with Gasteiger partial charge in [0.25, 0.3) is 0 Å². The Bertz CT molecular complexity index is 731. The minimum Gasteiger partial charge on any atom is -0.454 e. The molecule has 5 rings (SSSR count). The Kier molecular flexibility index (Phi) is 2.71. The van der Waals surface area contributed by atoms with Gasteiger partial charge in [0.05, 0.1) is 12.4 Å². The fourth-order valence-electron chi connectivity index (χ4n) is 4.24. The van der Waals surface area contributed by atoms with E-state index in [4.69, 9.17) is 4.74 Å². The molecule has 3 aliphatic carbocycles. The first-order chi connectivity index (χ1) is 11.3. The second-order valence-electron chi connectivity index (χ2n) is 6.80. The molecule has 0 saturated heterocycles. The molecule has 3 saturated carbocycles. The zero-order valence-electron chi connectivity index (χ0n) is 12.6. The third kappa shape index (κ3) is 2.27. The van der Waals surface area contributed by atoms with Crippen LogP contribution in [0.5, 0.6) is 11.5 Å². The van der Waals surface area contributed by atoms with Crippen LogP contribution in [0.4, 0.5) is 5.95 Å². The zero-order chi connectivity index (χ0) is 15.4. The Morgan fingerprint density at radius 2 is 1.61 bits per heavy atom. The van der Waals surface area contributed by atoms with Gasteiger partial charge in [0.2, 0.25) is 11.9 Å². The van der Waals surface area contributed by atoms with Crippen molar-refractivity contribution in [3.05, 3.63) is 42.7 Å². The van der Waals surface area contributed by atoms with E-state index in [1.165, 1.54) is 12.8 Å². The minimum absolute atomic E-state index is 0.0965. The van der Waals surface area contributed by atoms with Crippen molar-refractivity contribution in [2.24, 2.45) is 29.6 Å². The van der Waals surface area contributed by atoms with Gasteiger partial charge < -0.3 is 4.74 Å². The summed E-state index contributed by atoms with van der Waals surface area (Å²) in [6, 6.07) is 9.48. The molecule has 0 spiro atoms. The summed E-state index contributed by atoms with van der Waals surface area (Å²) < 4.78 is 5.65. The molecule has 1 amide bonds. The smallest absolute Gasteiger partial charge is 0.230 e. The number of ether oxygens (including phenoxy) is 1. The van der Waals surface area contributed by atoms with Crippen LogP contribution >= 0.6 is 0 Å². The number of fused-ring (bicyclic) bond motifs is 3. The molecule has 5 nitrogen and oxygen atoms in total. The number of para-hydroxylation sites is 1. The molecule has 1 aromatic heterocycles. The molecule has 1 heterocycles. The summed E-state index contributed by atoms with van der Waals surface area (Å²) >= 11 is 0. The summed E-state index contributed by atoms with van der Waals surface area (Å²) in [5.74, 6) is 4.85. The molecule has 4 unspecified atom stereocenters. The summed E-state index contributed by atoms with van der Waals surface area (Å²) in [7, 11) is 0. The molecule has 116 valence electrons. The largest absolute Gasteiger partial charge is 0.454 e. The fraction of sp³-hybridized carbons (Fsp3) is 0.389. The van der Waals surface area contributed by atoms with E-state index in [-0.39, 0.29) is 11.8 Å². The van der Waals surface area contributed by atoms with E-state index in [2.05, 4.69) is 15.3 Å². The number of benzene rings is 1. The van der Waals surface area contributed by atoms with Gasteiger partial charge in [-0.15, -0.1) is 0 Å². The average molecular weight is 307 g/mol. The molecule has 4 atom stereocenters. The summed E-state index contributed by atoms with van der Waals surface area (Å²) in [6.45, 7) is 0. The van der Waals surface area contributed by atoms with E-state index in [0.717, 1.165) is 17.6 Å². The first-order valence-corrected chi connectivity index (χ1v) is 8.15. The van der Waals surface area contributed by atoms with Gasteiger partial charge in [-0.25, -0.2) is 9.97 Å². The van der Waals surface area contributed by atoms with Crippen molar-refractivity contribution in [2.45, 2.75) is 12.8 Å². The molecule has 23 heavy (non-hydrogen) atoms. The minimum atomic E-state index is 0.0965. The Labute approximate surface area is 134 Å². The van der Waals surface area contributed by atoms with Gasteiger partial charge in [0.1, 0.15) is 5.75 Å². The first kappa shape index (κ1) is 13.0. The van der Waals surface area contributed by atoms with Gasteiger partial charge in [0, 0.05) is 5.92 Å². The number of carbonyl (C=O) groups is 1. The van der Waals surface area contributed by atoms with Crippen molar-refractivity contribution in [2.75, 3.05) is 5.32 Å². The molecule has 3 fully saturated rings. The lowest BCUT2D eigenvalue weighted by molar-refractivity contribution is -0.120. The topological polar surface area (TPSA) is 64.1 Å². The number of aromatic nitrogens is 2. The van der Waals surface area contributed by atoms with Crippen molar-refractivity contribution in [3.63, 3.8) is 0 Å². The molecule has 5 heteroatoms. The highest BCUT2D eigenvalue weighted by Crippen LogP contribution is 2.72. The van der Waals surface area contributed by atoms with Crippen molar-refractivity contribution in [3.8, 4) is 11.5 Å². The number of nitrogens with one attached hydrogen (secondary N) is 1. The number of anilines is 1. The zero-order valence-corrected chi connectivity index (χ0v) is 12.6. The highest BCUT2D eigenvalue weighted by molar-refractivity contribution is 5.92. The lowest BCUT2D eigenvalue weighted by Gasteiger charge is -2.13. The number of carbonyl (C=O) groups excluding carboxylic acids is 1. The SMILES string of the molecule is O=C(Nc1ncc(Oc2ccccc2)cn1)C1C2CC2C2CC21. The van der Waals surface area contributed by atoms with Gasteiger partial charge in [-0.3, -0.25) is 10.1 Å². The third-order valence-corrected chi connectivity index (χ3v) is 5.40. The Morgan fingerprint density at radius 1 is 0.957 bits per heavy atom. The monoisotopic (exact) mass is 307 g/mol. The van der Waals surface area contributed by atoms with Crippen molar-refractivity contribution in [1.82, 2.24) is 9.97 Å². The van der Waals surface area contributed by atoms with E-state index >= 15 is 0 Å². The standard InChI is InChI=1S/C18H17N3O2/c22-17(16-14-6-12(14)13-7-15(13)16)21-18-19-8-11(9-20-18)23-10-4-2-1-3-5-10/h1-5,8-9,12-16H,6-7H2,(H,19,20,21,22). The van der Waals surface area contributed by atoms with E-state index in [9.17, 15) is 4.79 Å². The summed E-state index contributed by atoms with van der Waals surface area (Å²) in [4.78, 5) is 20.8. The summed E-state index contributed by atoms with van der Waals surface area (Å²) in [5.41, 5.74) is 0. The summed E-state index contributed by atoms with van der Waals surface area (Å²) in [5, 5.41) is 2.87. The van der Waals surface area contributed by atoms with E-state index in [0.29, 0.717) is 23.5 Å². The fourth-order valence-corrected chi connectivity index (χ4v) is 4.24. The average Bonchev–Trinajstić information content (AvgIpc) is 3.48. The molecule has 0 bridgehead atoms. The molecular weight excluding hydrogens is 290 g/mol. The molecule has 0 aliphatic heterocycles. The maximum atomic E-state index is 12.4. The normalized spacial score (nSPS) is 32.6. The van der Waals surface area contributed by atoms with Gasteiger partial charge in [-0.05, 0) is 48.6 Å². The Hall–Kier alpha value is -2.43. The van der Waals surface area contributed by atoms with Crippen molar-refractivity contribution < 1.29 is 9.53 Å². The maximum absolute atomic E-state index is 12.4. The Morgan fingerprint density at radius 3 is 2.26 bits per heavy atom. The van der Waals surface area contributed by atoms with Crippen LogP contribution in [0.25, 0.3) is 0 Å². The van der Waals surface area contributed by atoms with E-state index < -0.39 is 0 Å². The van der Waals surface area contributed by atoms with Crippen LogP contribution in [0.2, 0.25) is 0 Å². The third-order valence-electron chi connectivity index (χ3n) is 5.40. The molecule has 1 aromatic carbocycles. The van der Waals surface area contributed by atoms with Crippen molar-refractivity contribution >= 4 is 11.9 Å². The summed E-state index contributed by atoms with van der Waals surface area (Å²) in [6.07, 6.45) is 5.65. The van der Waals surface area contributed by atoms with Gasteiger partial charge in [0.15, 0.2) is 5.75 Å². The number of hydrogen-bond acceptors (Lipinski definition) is 4. The highest BCUT2D eigenvalue weighted by atomic mass is 16.5. The van der Waals surface area contributed by atoms with Crippen molar-refractivity contribution in [1.29, 1.82) is 0 Å². The van der Waals surface area contributed by atoms with Crippen LogP contribution in [0.3, 0.4) is 0 Å². The number of amides is 1. The predicted molar refractivity (Wildman–Crippen MR) is 83.9 cm³/mol. The number of hydrogen-bond donors (Lipinski definition) is 1. The van der Waals surface area contributed by atoms with Crippen LogP contribution in [-0.2, 0) is 4.79 Å². The van der Waals surface area contributed by atoms with Crippen LogP contribution in [0.1, 0.15) is 12.8 Å². The number of nitrogens with zero attached hydrogens (tertiary/aromatic N) is 2.